The third kappa shape index (κ3) is 2.44. The topological polar surface area (TPSA) is 79.7 Å². The molecule has 0 saturated heterocycles. The highest BCUT2D eigenvalue weighted by atomic mass is 16.5. The fraction of sp³-hybridized carbons (Fsp3) is 0.154. The standard InChI is InChI=1S/C13H12N2O3/c1-9(15(17)13(14)16)6-7-11-8-10-4-2-3-5-12(10)18-11/h2-5,8-9,17H,1H3,(H2,14,16). The van der Waals surface area contributed by atoms with Gasteiger partial charge in [0.25, 0.3) is 0 Å². The molecule has 1 aromatic carbocycles. The number of nitrogens with zero attached hydrogens (tertiary/aromatic N) is 1. The third-order valence-corrected chi connectivity index (χ3v) is 2.42. The van der Waals surface area contributed by atoms with E-state index >= 15 is 0 Å². The first-order chi connectivity index (χ1) is 8.58. The van der Waals surface area contributed by atoms with Crippen molar-refractivity contribution in [2.45, 2.75) is 13.0 Å². The molecule has 0 radical (unpaired) electrons. The lowest BCUT2D eigenvalue weighted by atomic mass is 10.2. The summed E-state index contributed by atoms with van der Waals surface area (Å²) in [5.74, 6) is 5.89. The molecule has 2 aromatic rings. The molecule has 2 amide bonds. The summed E-state index contributed by atoms with van der Waals surface area (Å²) in [6, 6.07) is 7.67. The second-order valence-corrected chi connectivity index (χ2v) is 3.78. The average molecular weight is 244 g/mol. The van der Waals surface area contributed by atoms with Gasteiger partial charge in [0.15, 0.2) is 5.76 Å². The van der Waals surface area contributed by atoms with Crippen LogP contribution in [0, 0.1) is 11.8 Å². The molecule has 0 aliphatic rings. The molecule has 0 aliphatic carbocycles. The van der Waals surface area contributed by atoms with E-state index in [1.807, 2.05) is 24.3 Å². The van der Waals surface area contributed by atoms with Gasteiger partial charge in [0.2, 0.25) is 0 Å². The molecule has 0 bridgehead atoms. The summed E-state index contributed by atoms with van der Waals surface area (Å²) in [5.41, 5.74) is 5.65. The molecule has 0 saturated carbocycles. The normalized spacial score (nSPS) is 11.7. The molecule has 5 heteroatoms. The van der Waals surface area contributed by atoms with Crippen LogP contribution < -0.4 is 5.73 Å². The summed E-state index contributed by atoms with van der Waals surface area (Å²) in [5, 5.41) is 10.6. The van der Waals surface area contributed by atoms with E-state index in [9.17, 15) is 10.0 Å². The van der Waals surface area contributed by atoms with Crippen molar-refractivity contribution in [2.75, 3.05) is 0 Å². The van der Waals surface area contributed by atoms with Crippen LogP contribution >= 0.6 is 0 Å². The fourth-order valence-electron chi connectivity index (χ4n) is 1.47. The number of hydrogen-bond donors (Lipinski definition) is 2. The van der Waals surface area contributed by atoms with E-state index in [0.29, 0.717) is 10.8 Å². The smallest absolute Gasteiger partial charge is 0.339 e. The number of carbonyl (C=O) groups is 1. The van der Waals surface area contributed by atoms with Gasteiger partial charge in [-0.15, -0.1) is 0 Å². The highest BCUT2D eigenvalue weighted by molar-refractivity contribution is 5.78. The Labute approximate surface area is 104 Å². The molecule has 18 heavy (non-hydrogen) atoms. The molecule has 1 unspecified atom stereocenters. The Morgan fingerprint density at radius 3 is 2.89 bits per heavy atom. The van der Waals surface area contributed by atoms with Gasteiger partial charge in [-0.2, -0.15) is 5.06 Å². The molecule has 0 fully saturated rings. The summed E-state index contributed by atoms with van der Waals surface area (Å²) >= 11 is 0. The van der Waals surface area contributed by atoms with Gasteiger partial charge in [-0.1, -0.05) is 24.1 Å². The number of hydroxylamine groups is 2. The minimum atomic E-state index is -0.943. The van der Waals surface area contributed by atoms with Crippen molar-refractivity contribution in [1.29, 1.82) is 0 Å². The van der Waals surface area contributed by atoms with Gasteiger partial charge in [-0.05, 0) is 18.9 Å². The Morgan fingerprint density at radius 2 is 2.22 bits per heavy atom. The summed E-state index contributed by atoms with van der Waals surface area (Å²) in [4.78, 5) is 10.7. The van der Waals surface area contributed by atoms with Gasteiger partial charge < -0.3 is 10.2 Å². The van der Waals surface area contributed by atoms with E-state index in [1.165, 1.54) is 0 Å². The SMILES string of the molecule is CC(C#Cc1cc2ccccc2o1)N(O)C(N)=O. The van der Waals surface area contributed by atoms with Crippen LogP contribution in [0.15, 0.2) is 34.7 Å². The monoisotopic (exact) mass is 244 g/mol. The van der Waals surface area contributed by atoms with E-state index in [2.05, 4.69) is 11.8 Å². The lowest BCUT2D eigenvalue weighted by Gasteiger charge is -2.14. The van der Waals surface area contributed by atoms with Crippen LogP contribution in [0.1, 0.15) is 12.7 Å². The van der Waals surface area contributed by atoms with Crippen molar-refractivity contribution in [1.82, 2.24) is 5.06 Å². The molecule has 2 rings (SSSR count). The number of amides is 2. The summed E-state index contributed by atoms with van der Waals surface area (Å²) in [6.45, 7) is 1.56. The van der Waals surface area contributed by atoms with Crippen molar-refractivity contribution >= 4 is 17.0 Å². The Balaban J connectivity index is 2.21. The van der Waals surface area contributed by atoms with Crippen LogP contribution in [0.25, 0.3) is 11.0 Å². The molecule has 92 valence electrons. The molecule has 0 aliphatic heterocycles. The second-order valence-electron chi connectivity index (χ2n) is 3.78. The van der Waals surface area contributed by atoms with Crippen molar-refractivity contribution in [3.05, 3.63) is 36.1 Å². The number of urea groups is 1. The van der Waals surface area contributed by atoms with Crippen LogP contribution in [0.5, 0.6) is 0 Å². The maximum atomic E-state index is 10.7. The predicted octanol–water partition coefficient (Wildman–Crippen LogP) is 1.94. The molecule has 1 heterocycles. The first-order valence-electron chi connectivity index (χ1n) is 5.35. The van der Waals surface area contributed by atoms with Gasteiger partial charge >= 0.3 is 6.03 Å². The number of para-hydroxylation sites is 1. The number of benzene rings is 1. The van der Waals surface area contributed by atoms with E-state index in [1.54, 1.807) is 13.0 Å². The maximum absolute atomic E-state index is 10.7. The first kappa shape index (κ1) is 12.0. The quantitative estimate of drug-likeness (QED) is 0.457. The minimum Gasteiger partial charge on any atom is -0.448 e. The number of carbonyl (C=O) groups excluding carboxylic acids is 1. The zero-order valence-corrected chi connectivity index (χ0v) is 9.75. The van der Waals surface area contributed by atoms with E-state index in [-0.39, 0.29) is 0 Å². The molecular weight excluding hydrogens is 232 g/mol. The van der Waals surface area contributed by atoms with Crippen LogP contribution in [0.2, 0.25) is 0 Å². The Kier molecular flexibility index (Phi) is 3.22. The van der Waals surface area contributed by atoms with Gasteiger partial charge in [-0.25, -0.2) is 4.79 Å². The second kappa shape index (κ2) is 4.82. The largest absolute Gasteiger partial charge is 0.448 e. The van der Waals surface area contributed by atoms with Crippen molar-refractivity contribution < 1.29 is 14.4 Å². The Hall–Kier alpha value is -2.45. The van der Waals surface area contributed by atoms with Crippen LogP contribution in [0.4, 0.5) is 4.79 Å². The van der Waals surface area contributed by atoms with Gasteiger partial charge in [0.1, 0.15) is 11.6 Å². The van der Waals surface area contributed by atoms with Crippen LogP contribution in [-0.4, -0.2) is 22.3 Å². The Morgan fingerprint density at radius 1 is 1.50 bits per heavy atom. The molecule has 0 spiro atoms. The minimum absolute atomic E-state index is 0.371. The lowest BCUT2D eigenvalue weighted by molar-refractivity contribution is -0.0536. The number of nitrogens with two attached hydrogens (primary N) is 1. The number of hydrogen-bond acceptors (Lipinski definition) is 3. The first-order valence-corrected chi connectivity index (χ1v) is 5.35. The zero-order chi connectivity index (χ0) is 13.1. The van der Waals surface area contributed by atoms with Gasteiger partial charge in [0, 0.05) is 11.5 Å². The number of fused-ring (bicyclic) bond motifs is 1. The van der Waals surface area contributed by atoms with Crippen molar-refractivity contribution in [2.24, 2.45) is 5.73 Å². The highest BCUT2D eigenvalue weighted by Crippen LogP contribution is 2.17. The van der Waals surface area contributed by atoms with Gasteiger partial charge in [0.05, 0.1) is 0 Å². The zero-order valence-electron chi connectivity index (χ0n) is 9.75. The average Bonchev–Trinajstić information content (AvgIpc) is 2.77. The van der Waals surface area contributed by atoms with E-state index in [0.717, 1.165) is 11.0 Å². The number of rotatable bonds is 1. The van der Waals surface area contributed by atoms with E-state index < -0.39 is 12.1 Å². The highest BCUT2D eigenvalue weighted by Gasteiger charge is 2.11. The lowest BCUT2D eigenvalue weighted by Crippen LogP contribution is -2.38. The summed E-state index contributed by atoms with van der Waals surface area (Å²) < 4.78 is 5.47. The number of primary amides is 1. The van der Waals surface area contributed by atoms with Crippen LogP contribution in [0.3, 0.4) is 0 Å². The molecule has 5 nitrogen and oxygen atoms in total. The van der Waals surface area contributed by atoms with E-state index in [4.69, 9.17) is 10.2 Å². The summed E-state index contributed by atoms with van der Waals surface area (Å²) in [6.07, 6.45) is 0. The number of furan rings is 1. The molecular formula is C13H12N2O3. The van der Waals surface area contributed by atoms with Crippen molar-refractivity contribution in [3.8, 4) is 11.8 Å². The molecule has 3 N–H and O–H groups in total. The Bertz CT molecular complexity index is 603. The molecule has 1 atom stereocenters. The van der Waals surface area contributed by atoms with Gasteiger partial charge in [-0.3, -0.25) is 5.21 Å². The fourth-order valence-corrected chi connectivity index (χ4v) is 1.47. The third-order valence-electron chi connectivity index (χ3n) is 2.42. The maximum Gasteiger partial charge on any atom is 0.339 e. The molecule has 1 aromatic heterocycles. The van der Waals surface area contributed by atoms with Crippen molar-refractivity contribution in [3.63, 3.8) is 0 Å². The predicted molar refractivity (Wildman–Crippen MR) is 65.8 cm³/mol. The summed E-state index contributed by atoms with van der Waals surface area (Å²) in [7, 11) is 0. The van der Waals surface area contributed by atoms with Crippen LogP contribution in [-0.2, 0) is 0 Å².